The number of hydrogen-bond donors (Lipinski definition) is 1. The molecule has 1 aromatic carbocycles. The van der Waals surface area contributed by atoms with Crippen LogP contribution < -0.4 is 0 Å². The van der Waals surface area contributed by atoms with Gasteiger partial charge < -0.3 is 5.11 Å². The maximum atomic E-state index is 13.4. The van der Waals surface area contributed by atoms with Gasteiger partial charge >= 0.3 is 5.97 Å². The lowest BCUT2D eigenvalue weighted by molar-refractivity contribution is 0.0691. The third-order valence-corrected chi connectivity index (χ3v) is 2.44. The number of benzene rings is 1. The summed E-state index contributed by atoms with van der Waals surface area (Å²) in [5.41, 5.74) is 1.35. The Morgan fingerprint density at radius 1 is 1.38 bits per heavy atom. The van der Waals surface area contributed by atoms with Crippen molar-refractivity contribution >= 4 is 5.97 Å². The van der Waals surface area contributed by atoms with Crippen LogP contribution in [0.2, 0.25) is 0 Å². The molecule has 2 rings (SSSR count). The van der Waals surface area contributed by atoms with E-state index in [1.165, 1.54) is 6.07 Å². The van der Waals surface area contributed by atoms with Crippen LogP contribution in [0, 0.1) is 5.82 Å². The Morgan fingerprint density at radius 2 is 2.15 bits per heavy atom. The van der Waals surface area contributed by atoms with Gasteiger partial charge in [-0.05, 0) is 36.5 Å². The minimum Gasteiger partial charge on any atom is -0.478 e. The first kappa shape index (κ1) is 8.23. The van der Waals surface area contributed by atoms with Crippen LogP contribution in [-0.4, -0.2) is 11.1 Å². The van der Waals surface area contributed by atoms with Crippen LogP contribution in [0.4, 0.5) is 4.39 Å². The van der Waals surface area contributed by atoms with Gasteiger partial charge in [0.25, 0.3) is 0 Å². The Hall–Kier alpha value is -1.38. The third-order valence-electron chi connectivity index (χ3n) is 2.44. The fourth-order valence-electron chi connectivity index (χ4n) is 1.79. The molecule has 0 saturated heterocycles. The quantitative estimate of drug-likeness (QED) is 0.717. The summed E-state index contributed by atoms with van der Waals surface area (Å²) in [6.45, 7) is 0. The molecule has 0 bridgehead atoms. The molecular weight excluding hydrogens is 171 g/mol. The van der Waals surface area contributed by atoms with E-state index in [-0.39, 0.29) is 5.56 Å². The Kier molecular flexibility index (Phi) is 1.79. The summed E-state index contributed by atoms with van der Waals surface area (Å²) in [5, 5.41) is 8.66. The summed E-state index contributed by atoms with van der Waals surface area (Å²) in [5.74, 6) is -1.73. The number of carboxylic acids is 1. The van der Waals surface area contributed by atoms with Gasteiger partial charge in [-0.1, -0.05) is 6.07 Å². The minimum atomic E-state index is -1.19. The summed E-state index contributed by atoms with van der Waals surface area (Å²) in [7, 11) is 0. The molecule has 1 aromatic rings. The van der Waals surface area contributed by atoms with Crippen molar-refractivity contribution in [2.75, 3.05) is 0 Å². The predicted molar refractivity (Wildman–Crippen MR) is 45.4 cm³/mol. The second-order valence-corrected chi connectivity index (χ2v) is 3.22. The predicted octanol–water partition coefficient (Wildman–Crippen LogP) is 2.01. The fraction of sp³-hybridized carbons (Fsp3) is 0.300. The van der Waals surface area contributed by atoms with Gasteiger partial charge in [0.05, 0.1) is 5.56 Å². The van der Waals surface area contributed by atoms with Gasteiger partial charge in [0.15, 0.2) is 0 Å². The Morgan fingerprint density at radius 3 is 2.85 bits per heavy atom. The van der Waals surface area contributed by atoms with E-state index in [1.807, 2.05) is 0 Å². The lowest BCUT2D eigenvalue weighted by atomic mass is 10.1. The van der Waals surface area contributed by atoms with Gasteiger partial charge in [-0.15, -0.1) is 0 Å². The van der Waals surface area contributed by atoms with Gasteiger partial charge in [0, 0.05) is 0 Å². The number of carboxylic acid groups (broad SMARTS) is 1. The molecule has 68 valence electrons. The van der Waals surface area contributed by atoms with E-state index in [1.54, 1.807) is 6.07 Å². The normalized spacial score (nSPS) is 14.2. The number of aryl methyl sites for hydroxylation is 1. The van der Waals surface area contributed by atoms with Crippen molar-refractivity contribution in [3.05, 3.63) is 34.6 Å². The van der Waals surface area contributed by atoms with Gasteiger partial charge in [0.1, 0.15) is 5.82 Å². The molecular formula is C10H9FO2. The van der Waals surface area contributed by atoms with Crippen molar-refractivity contribution in [3.8, 4) is 0 Å². The molecule has 0 aliphatic heterocycles. The van der Waals surface area contributed by atoms with Crippen molar-refractivity contribution in [1.82, 2.24) is 0 Å². The molecule has 0 spiro atoms. The molecule has 0 atom stereocenters. The van der Waals surface area contributed by atoms with Crippen molar-refractivity contribution in [3.63, 3.8) is 0 Å². The van der Waals surface area contributed by atoms with Crippen molar-refractivity contribution in [1.29, 1.82) is 0 Å². The largest absolute Gasteiger partial charge is 0.478 e. The number of fused-ring (bicyclic) bond motifs is 1. The number of halogens is 1. The highest BCUT2D eigenvalue weighted by atomic mass is 19.1. The molecule has 3 heteroatoms. The zero-order valence-electron chi connectivity index (χ0n) is 7.01. The zero-order chi connectivity index (χ0) is 9.42. The van der Waals surface area contributed by atoms with Gasteiger partial charge in [-0.3, -0.25) is 0 Å². The number of hydrogen-bond acceptors (Lipinski definition) is 1. The molecule has 1 N–H and O–H groups in total. The Balaban J connectivity index is 2.59. The topological polar surface area (TPSA) is 37.3 Å². The first-order valence-corrected chi connectivity index (χ1v) is 4.23. The standard InChI is InChI=1S/C10H9FO2/c11-9-7-3-1-2-6(7)4-5-8(9)10(12)13/h4-5H,1-3H2,(H,12,13). The zero-order valence-corrected chi connectivity index (χ0v) is 7.01. The molecule has 2 nitrogen and oxygen atoms in total. The van der Waals surface area contributed by atoms with E-state index in [0.29, 0.717) is 12.0 Å². The van der Waals surface area contributed by atoms with Crippen LogP contribution >= 0.6 is 0 Å². The molecule has 0 amide bonds. The lowest BCUT2D eigenvalue weighted by Crippen LogP contribution is -2.03. The summed E-state index contributed by atoms with van der Waals surface area (Å²) in [6, 6.07) is 3.07. The molecule has 1 aliphatic carbocycles. The highest BCUT2D eigenvalue weighted by molar-refractivity contribution is 5.88. The van der Waals surface area contributed by atoms with Crippen LogP contribution in [0.25, 0.3) is 0 Å². The van der Waals surface area contributed by atoms with Crippen molar-refractivity contribution in [2.45, 2.75) is 19.3 Å². The van der Waals surface area contributed by atoms with Gasteiger partial charge in [0.2, 0.25) is 0 Å². The monoisotopic (exact) mass is 180 g/mol. The number of aromatic carboxylic acids is 1. The summed E-state index contributed by atoms with van der Waals surface area (Å²) in [6.07, 6.45) is 2.46. The van der Waals surface area contributed by atoms with Crippen molar-refractivity contribution in [2.24, 2.45) is 0 Å². The Bertz CT molecular complexity index is 371. The molecule has 0 unspecified atom stereocenters. The maximum absolute atomic E-state index is 13.4. The highest BCUT2D eigenvalue weighted by Gasteiger charge is 2.20. The average Bonchev–Trinajstić information content (AvgIpc) is 2.52. The van der Waals surface area contributed by atoms with Crippen LogP contribution in [-0.2, 0) is 12.8 Å². The van der Waals surface area contributed by atoms with Crippen LogP contribution in [0.5, 0.6) is 0 Å². The maximum Gasteiger partial charge on any atom is 0.338 e. The molecule has 13 heavy (non-hydrogen) atoms. The number of carbonyl (C=O) groups is 1. The van der Waals surface area contributed by atoms with Crippen LogP contribution in [0.1, 0.15) is 27.9 Å². The second kappa shape index (κ2) is 2.83. The molecule has 0 saturated carbocycles. The van der Waals surface area contributed by atoms with E-state index in [2.05, 4.69) is 0 Å². The molecule has 0 heterocycles. The average molecular weight is 180 g/mol. The number of rotatable bonds is 1. The summed E-state index contributed by atoms with van der Waals surface area (Å²) in [4.78, 5) is 10.6. The third kappa shape index (κ3) is 1.20. The molecule has 0 aromatic heterocycles. The van der Waals surface area contributed by atoms with E-state index >= 15 is 0 Å². The highest BCUT2D eigenvalue weighted by Crippen LogP contribution is 2.26. The van der Waals surface area contributed by atoms with E-state index < -0.39 is 11.8 Å². The van der Waals surface area contributed by atoms with E-state index in [9.17, 15) is 9.18 Å². The lowest BCUT2D eigenvalue weighted by Gasteiger charge is -2.03. The summed E-state index contributed by atoms with van der Waals surface area (Å²) < 4.78 is 13.4. The van der Waals surface area contributed by atoms with Crippen molar-refractivity contribution < 1.29 is 14.3 Å². The first-order chi connectivity index (χ1) is 6.20. The fourth-order valence-corrected chi connectivity index (χ4v) is 1.79. The Labute approximate surface area is 75.0 Å². The molecule has 1 aliphatic rings. The second-order valence-electron chi connectivity index (χ2n) is 3.22. The van der Waals surface area contributed by atoms with Gasteiger partial charge in [-0.25, -0.2) is 9.18 Å². The first-order valence-electron chi connectivity index (χ1n) is 4.23. The van der Waals surface area contributed by atoms with Crippen LogP contribution in [0.3, 0.4) is 0 Å². The smallest absolute Gasteiger partial charge is 0.338 e. The van der Waals surface area contributed by atoms with E-state index in [0.717, 1.165) is 18.4 Å². The van der Waals surface area contributed by atoms with E-state index in [4.69, 9.17) is 5.11 Å². The minimum absolute atomic E-state index is 0.208. The van der Waals surface area contributed by atoms with Crippen LogP contribution in [0.15, 0.2) is 12.1 Å². The van der Waals surface area contributed by atoms with Gasteiger partial charge in [-0.2, -0.15) is 0 Å². The summed E-state index contributed by atoms with van der Waals surface area (Å²) >= 11 is 0. The molecule has 0 fully saturated rings. The molecule has 0 radical (unpaired) electrons. The SMILES string of the molecule is O=C(O)c1ccc2c(c1F)CCC2.